The maximum Gasteiger partial charge on any atom is 0.418 e. The van der Waals surface area contributed by atoms with E-state index in [1.807, 2.05) is 4.90 Å². The van der Waals surface area contributed by atoms with Crippen molar-refractivity contribution in [3.8, 4) is 0 Å². The summed E-state index contributed by atoms with van der Waals surface area (Å²) in [6, 6.07) is 4.06. The summed E-state index contributed by atoms with van der Waals surface area (Å²) in [6.07, 6.45) is -0.707. The SMILES string of the molecule is O=C1OCCN1c1ccc(N2CCC[C@]3(CCN(C4CCC(O)CC4)C3=O)C2)c(C(F)(F)F)c1. The molecule has 186 valence electrons. The minimum atomic E-state index is -4.60. The zero-order valence-electron chi connectivity index (χ0n) is 19.0. The zero-order valence-corrected chi connectivity index (χ0v) is 19.0. The highest BCUT2D eigenvalue weighted by atomic mass is 19.4. The van der Waals surface area contributed by atoms with E-state index in [-0.39, 0.29) is 49.1 Å². The summed E-state index contributed by atoms with van der Waals surface area (Å²) in [5.74, 6) is 0.0450. The van der Waals surface area contributed by atoms with Crippen LogP contribution in [0.25, 0.3) is 0 Å². The number of carbonyl (C=O) groups is 2. The van der Waals surface area contributed by atoms with Crippen molar-refractivity contribution in [2.24, 2.45) is 5.41 Å². The molecular weight excluding hydrogens is 451 g/mol. The molecule has 4 fully saturated rings. The molecule has 0 aromatic heterocycles. The number of hydrogen-bond donors (Lipinski definition) is 1. The molecule has 1 N–H and O–H groups in total. The van der Waals surface area contributed by atoms with Crippen LogP contribution in [0.15, 0.2) is 18.2 Å². The Balaban J connectivity index is 1.39. The monoisotopic (exact) mass is 481 g/mol. The van der Waals surface area contributed by atoms with Crippen LogP contribution < -0.4 is 9.80 Å². The van der Waals surface area contributed by atoms with E-state index in [1.165, 1.54) is 17.0 Å². The number of rotatable bonds is 3. The van der Waals surface area contributed by atoms with Gasteiger partial charge in [-0.05, 0) is 63.1 Å². The summed E-state index contributed by atoms with van der Waals surface area (Å²) < 4.78 is 47.1. The molecule has 1 saturated carbocycles. The maximum atomic E-state index is 14.1. The Hall–Kier alpha value is -2.49. The predicted octanol–water partition coefficient (Wildman–Crippen LogP) is 3.78. The highest BCUT2D eigenvalue weighted by molar-refractivity contribution is 5.90. The highest BCUT2D eigenvalue weighted by Crippen LogP contribution is 2.46. The average molecular weight is 482 g/mol. The molecule has 1 atom stereocenters. The van der Waals surface area contributed by atoms with Gasteiger partial charge < -0.3 is 19.6 Å². The molecule has 3 saturated heterocycles. The number of cyclic esters (lactones) is 1. The van der Waals surface area contributed by atoms with Gasteiger partial charge in [-0.15, -0.1) is 0 Å². The number of amides is 2. The molecule has 2 amide bonds. The van der Waals surface area contributed by atoms with Crippen LogP contribution in [0.4, 0.5) is 29.3 Å². The summed E-state index contributed by atoms with van der Waals surface area (Å²) in [7, 11) is 0. The summed E-state index contributed by atoms with van der Waals surface area (Å²) in [5, 5.41) is 9.80. The number of hydrogen-bond acceptors (Lipinski definition) is 5. The van der Waals surface area contributed by atoms with E-state index in [9.17, 15) is 27.9 Å². The molecule has 0 unspecified atom stereocenters. The zero-order chi connectivity index (χ0) is 24.1. The fraction of sp³-hybridized carbons (Fsp3) is 0.667. The van der Waals surface area contributed by atoms with E-state index in [0.717, 1.165) is 18.9 Å². The Labute approximate surface area is 196 Å². The van der Waals surface area contributed by atoms with E-state index in [1.54, 1.807) is 4.90 Å². The van der Waals surface area contributed by atoms with E-state index < -0.39 is 23.2 Å². The largest absolute Gasteiger partial charge is 0.447 e. The van der Waals surface area contributed by atoms with E-state index >= 15 is 0 Å². The molecule has 1 aromatic carbocycles. The summed E-state index contributed by atoms with van der Waals surface area (Å²) in [5.41, 5.74) is -1.26. The Bertz CT molecular complexity index is 963. The fourth-order valence-electron chi connectivity index (χ4n) is 6.10. The first-order chi connectivity index (χ1) is 16.2. The molecule has 0 bridgehead atoms. The van der Waals surface area contributed by atoms with Crippen molar-refractivity contribution in [3.63, 3.8) is 0 Å². The first kappa shape index (κ1) is 23.3. The van der Waals surface area contributed by atoms with Gasteiger partial charge in [0.15, 0.2) is 0 Å². The molecule has 10 heteroatoms. The molecular formula is C24H30F3N3O4. The molecule has 34 heavy (non-hydrogen) atoms. The minimum absolute atomic E-state index is 0.0450. The Kier molecular flexibility index (Phi) is 5.90. The second-order valence-electron chi connectivity index (χ2n) is 9.98. The van der Waals surface area contributed by atoms with Crippen LogP contribution in [0.2, 0.25) is 0 Å². The number of likely N-dealkylation sites (tertiary alicyclic amines) is 1. The topological polar surface area (TPSA) is 73.3 Å². The number of benzene rings is 1. The number of ether oxygens (including phenoxy) is 1. The van der Waals surface area contributed by atoms with Gasteiger partial charge in [0.1, 0.15) is 6.61 Å². The second kappa shape index (κ2) is 8.62. The first-order valence-corrected chi connectivity index (χ1v) is 12.1. The third-order valence-corrected chi connectivity index (χ3v) is 7.93. The molecule has 4 aliphatic rings. The lowest BCUT2D eigenvalue weighted by Crippen LogP contribution is -2.50. The highest BCUT2D eigenvalue weighted by Gasteiger charge is 2.51. The minimum Gasteiger partial charge on any atom is -0.447 e. The number of alkyl halides is 3. The number of aliphatic hydroxyl groups is 1. The molecule has 7 nitrogen and oxygen atoms in total. The number of carbonyl (C=O) groups excluding carboxylic acids is 2. The summed E-state index contributed by atoms with van der Waals surface area (Å²) in [6.45, 7) is 1.68. The van der Waals surface area contributed by atoms with E-state index in [4.69, 9.17) is 4.74 Å². The normalized spacial score (nSPS) is 30.4. The van der Waals surface area contributed by atoms with Gasteiger partial charge in [0.05, 0.1) is 23.6 Å². The van der Waals surface area contributed by atoms with Gasteiger partial charge in [-0.3, -0.25) is 9.69 Å². The van der Waals surface area contributed by atoms with Gasteiger partial charge in [-0.25, -0.2) is 4.79 Å². The third-order valence-electron chi connectivity index (χ3n) is 7.93. The van der Waals surface area contributed by atoms with Gasteiger partial charge in [-0.2, -0.15) is 13.2 Å². The number of anilines is 2. The molecule has 3 heterocycles. The Morgan fingerprint density at radius 2 is 1.79 bits per heavy atom. The number of halogens is 3. The van der Waals surface area contributed by atoms with Crippen LogP contribution >= 0.6 is 0 Å². The Morgan fingerprint density at radius 3 is 2.47 bits per heavy atom. The van der Waals surface area contributed by atoms with Gasteiger partial charge in [-0.1, -0.05) is 0 Å². The van der Waals surface area contributed by atoms with Gasteiger partial charge in [0.25, 0.3) is 0 Å². The lowest BCUT2D eigenvalue weighted by atomic mass is 9.78. The smallest absolute Gasteiger partial charge is 0.418 e. The summed E-state index contributed by atoms with van der Waals surface area (Å²) in [4.78, 5) is 30.2. The van der Waals surface area contributed by atoms with Gasteiger partial charge in [0.2, 0.25) is 5.91 Å². The van der Waals surface area contributed by atoms with Crippen LogP contribution in [0, 0.1) is 5.41 Å². The van der Waals surface area contributed by atoms with Crippen LogP contribution in [0.1, 0.15) is 50.5 Å². The molecule has 1 aliphatic carbocycles. The van der Waals surface area contributed by atoms with Crippen molar-refractivity contribution in [2.75, 3.05) is 42.6 Å². The van der Waals surface area contributed by atoms with Gasteiger partial charge >= 0.3 is 12.3 Å². The number of aliphatic hydroxyl groups excluding tert-OH is 1. The van der Waals surface area contributed by atoms with Crippen LogP contribution in [-0.4, -0.2) is 66.9 Å². The van der Waals surface area contributed by atoms with Crippen molar-refractivity contribution >= 4 is 23.4 Å². The molecule has 5 rings (SSSR count). The standard InChI is InChI=1S/C24H30F3N3O4/c25-24(26,27)19-14-17(30-12-13-34-22(30)33)4-7-20(19)28-10-1-8-23(15-28)9-11-29(21(23)32)16-2-5-18(31)6-3-16/h4,7,14,16,18,31H,1-3,5-6,8-13,15H2/t16?,18?,23-/m0/s1. The lowest BCUT2D eigenvalue weighted by Gasteiger charge is -2.42. The van der Waals surface area contributed by atoms with E-state index in [2.05, 4.69) is 0 Å². The Morgan fingerprint density at radius 1 is 1.03 bits per heavy atom. The number of nitrogens with zero attached hydrogens (tertiary/aromatic N) is 3. The summed E-state index contributed by atoms with van der Waals surface area (Å²) >= 11 is 0. The van der Waals surface area contributed by atoms with Crippen molar-refractivity contribution in [3.05, 3.63) is 23.8 Å². The maximum absolute atomic E-state index is 14.1. The third kappa shape index (κ3) is 4.10. The molecule has 1 spiro atoms. The number of piperidine rings is 1. The van der Waals surface area contributed by atoms with Crippen molar-refractivity contribution in [2.45, 2.75) is 63.3 Å². The van der Waals surface area contributed by atoms with Crippen LogP contribution in [0.5, 0.6) is 0 Å². The molecule has 0 radical (unpaired) electrons. The first-order valence-electron chi connectivity index (χ1n) is 12.1. The predicted molar refractivity (Wildman–Crippen MR) is 119 cm³/mol. The van der Waals surface area contributed by atoms with Crippen LogP contribution in [-0.2, 0) is 15.7 Å². The molecule has 3 aliphatic heterocycles. The van der Waals surface area contributed by atoms with Gasteiger partial charge in [0, 0.05) is 37.1 Å². The van der Waals surface area contributed by atoms with Crippen LogP contribution in [0.3, 0.4) is 0 Å². The van der Waals surface area contributed by atoms with E-state index in [0.29, 0.717) is 45.2 Å². The van der Waals surface area contributed by atoms with Crippen molar-refractivity contribution < 1.29 is 32.6 Å². The average Bonchev–Trinajstić information content (AvgIpc) is 3.37. The molecule has 1 aromatic rings. The lowest BCUT2D eigenvalue weighted by molar-refractivity contribution is -0.139. The quantitative estimate of drug-likeness (QED) is 0.712. The second-order valence-corrected chi connectivity index (χ2v) is 9.98. The van der Waals surface area contributed by atoms with Crippen molar-refractivity contribution in [1.29, 1.82) is 0 Å². The van der Waals surface area contributed by atoms with Crippen molar-refractivity contribution in [1.82, 2.24) is 4.90 Å². The fourth-order valence-corrected chi connectivity index (χ4v) is 6.10.